The van der Waals surface area contributed by atoms with Gasteiger partial charge < -0.3 is 10.6 Å². The Morgan fingerprint density at radius 2 is 1.68 bits per heavy atom. The van der Waals surface area contributed by atoms with Gasteiger partial charge in [0, 0.05) is 30.9 Å². The zero-order chi connectivity index (χ0) is 20.1. The van der Waals surface area contributed by atoms with Gasteiger partial charge in [-0.1, -0.05) is 24.3 Å². The van der Waals surface area contributed by atoms with Crippen molar-refractivity contribution in [2.45, 2.75) is 46.1 Å². The second-order valence-electron chi connectivity index (χ2n) is 7.48. The number of anilines is 2. The second kappa shape index (κ2) is 8.97. The third kappa shape index (κ3) is 5.39. The normalized spacial score (nSPS) is 13.4. The molecule has 0 unspecified atom stereocenters. The number of nitrogens with zero attached hydrogens (tertiary/aromatic N) is 2. The number of pyridine rings is 1. The predicted octanol–water partition coefficient (Wildman–Crippen LogP) is 3.44. The van der Waals surface area contributed by atoms with Gasteiger partial charge in [0.15, 0.2) is 0 Å². The molecule has 3 rings (SSSR count). The van der Waals surface area contributed by atoms with E-state index in [9.17, 15) is 9.59 Å². The summed E-state index contributed by atoms with van der Waals surface area (Å²) in [6.45, 7) is 6.75. The van der Waals surface area contributed by atoms with Gasteiger partial charge in [0.1, 0.15) is 5.82 Å². The molecule has 148 valence electrons. The zero-order valence-electron chi connectivity index (χ0n) is 16.8. The number of rotatable bonds is 8. The van der Waals surface area contributed by atoms with Crippen molar-refractivity contribution in [1.82, 2.24) is 9.88 Å². The number of carbonyl (C=O) groups excluding carboxylic acids is 2. The minimum atomic E-state index is -0.0809. The lowest BCUT2D eigenvalue weighted by molar-refractivity contribution is -0.119. The van der Waals surface area contributed by atoms with Crippen molar-refractivity contribution < 1.29 is 9.59 Å². The summed E-state index contributed by atoms with van der Waals surface area (Å²) in [4.78, 5) is 31.2. The molecule has 1 saturated carbocycles. The zero-order valence-corrected chi connectivity index (χ0v) is 16.8. The molecular weight excluding hydrogens is 352 g/mol. The van der Waals surface area contributed by atoms with Gasteiger partial charge >= 0.3 is 0 Å². The summed E-state index contributed by atoms with van der Waals surface area (Å²) >= 11 is 0. The SMILES string of the molecule is Cc1cccnc1NC(=O)CCN(CC(=O)Nc1c(C)cccc1C)C1CC1. The van der Waals surface area contributed by atoms with E-state index in [2.05, 4.69) is 20.5 Å². The number of benzene rings is 1. The Morgan fingerprint density at radius 1 is 1.00 bits per heavy atom. The first-order valence-electron chi connectivity index (χ1n) is 9.75. The molecule has 1 aliphatic rings. The summed E-state index contributed by atoms with van der Waals surface area (Å²) in [5.74, 6) is 0.478. The van der Waals surface area contributed by atoms with Crippen molar-refractivity contribution in [3.8, 4) is 0 Å². The van der Waals surface area contributed by atoms with Crippen LogP contribution in [0.2, 0.25) is 0 Å². The van der Waals surface area contributed by atoms with Crippen LogP contribution in [0.25, 0.3) is 0 Å². The number of amides is 2. The molecule has 0 spiro atoms. The van der Waals surface area contributed by atoms with Crippen LogP contribution in [0.15, 0.2) is 36.5 Å². The average molecular weight is 380 g/mol. The molecule has 2 aromatic rings. The number of para-hydroxylation sites is 1. The number of aromatic nitrogens is 1. The van der Waals surface area contributed by atoms with Crippen LogP contribution in [-0.2, 0) is 9.59 Å². The van der Waals surface area contributed by atoms with Crippen LogP contribution >= 0.6 is 0 Å². The van der Waals surface area contributed by atoms with Crippen molar-refractivity contribution >= 4 is 23.3 Å². The molecule has 1 aromatic carbocycles. The highest BCUT2D eigenvalue weighted by Gasteiger charge is 2.30. The monoisotopic (exact) mass is 380 g/mol. The second-order valence-corrected chi connectivity index (χ2v) is 7.48. The van der Waals surface area contributed by atoms with Gasteiger partial charge in [0.2, 0.25) is 11.8 Å². The highest BCUT2D eigenvalue weighted by Crippen LogP contribution is 2.27. The number of hydrogen-bond donors (Lipinski definition) is 2. The first-order valence-corrected chi connectivity index (χ1v) is 9.75. The summed E-state index contributed by atoms with van der Waals surface area (Å²) in [5, 5.41) is 5.89. The van der Waals surface area contributed by atoms with Crippen LogP contribution in [0.1, 0.15) is 36.0 Å². The van der Waals surface area contributed by atoms with E-state index in [0.29, 0.717) is 31.4 Å². The third-order valence-electron chi connectivity index (χ3n) is 5.05. The maximum Gasteiger partial charge on any atom is 0.238 e. The predicted molar refractivity (Wildman–Crippen MR) is 111 cm³/mol. The van der Waals surface area contributed by atoms with E-state index in [1.54, 1.807) is 6.20 Å². The van der Waals surface area contributed by atoms with E-state index in [4.69, 9.17) is 0 Å². The van der Waals surface area contributed by atoms with Gasteiger partial charge in [-0.05, 0) is 56.4 Å². The Bertz CT molecular complexity index is 841. The smallest absolute Gasteiger partial charge is 0.238 e. The quantitative estimate of drug-likeness (QED) is 0.736. The minimum absolute atomic E-state index is 0.0368. The lowest BCUT2D eigenvalue weighted by Crippen LogP contribution is -2.37. The lowest BCUT2D eigenvalue weighted by atomic mass is 10.1. The molecule has 0 aliphatic heterocycles. The topological polar surface area (TPSA) is 74.3 Å². The number of carbonyl (C=O) groups is 2. The van der Waals surface area contributed by atoms with Crippen molar-refractivity contribution in [2.24, 2.45) is 0 Å². The van der Waals surface area contributed by atoms with E-state index in [1.165, 1.54) is 0 Å². The van der Waals surface area contributed by atoms with Crippen LogP contribution < -0.4 is 10.6 Å². The average Bonchev–Trinajstić information content (AvgIpc) is 3.49. The molecule has 2 N–H and O–H groups in total. The first-order chi connectivity index (χ1) is 13.4. The Kier molecular flexibility index (Phi) is 6.41. The van der Waals surface area contributed by atoms with Gasteiger partial charge in [-0.15, -0.1) is 0 Å². The molecule has 28 heavy (non-hydrogen) atoms. The highest BCUT2D eigenvalue weighted by atomic mass is 16.2. The Hall–Kier alpha value is -2.73. The van der Waals surface area contributed by atoms with Crippen LogP contribution in [0.3, 0.4) is 0 Å². The van der Waals surface area contributed by atoms with Crippen LogP contribution in [-0.4, -0.2) is 40.8 Å². The summed E-state index contributed by atoms with van der Waals surface area (Å²) in [6.07, 6.45) is 4.16. The fraction of sp³-hybridized carbons (Fsp3) is 0.409. The van der Waals surface area contributed by atoms with Gasteiger partial charge in [0.25, 0.3) is 0 Å². The molecule has 0 radical (unpaired) electrons. The van der Waals surface area contributed by atoms with Gasteiger partial charge in [0.05, 0.1) is 6.54 Å². The van der Waals surface area contributed by atoms with Gasteiger partial charge in [-0.3, -0.25) is 14.5 Å². The Balaban J connectivity index is 1.53. The molecule has 1 aliphatic carbocycles. The molecule has 1 heterocycles. The summed E-state index contributed by atoms with van der Waals surface area (Å²) in [7, 11) is 0. The molecule has 6 heteroatoms. The lowest BCUT2D eigenvalue weighted by Gasteiger charge is -2.22. The summed E-state index contributed by atoms with van der Waals surface area (Å²) in [6, 6.07) is 10.1. The largest absolute Gasteiger partial charge is 0.324 e. The van der Waals surface area contributed by atoms with Gasteiger partial charge in [-0.2, -0.15) is 0 Å². The number of nitrogens with one attached hydrogen (secondary N) is 2. The van der Waals surface area contributed by atoms with Crippen LogP contribution in [0.4, 0.5) is 11.5 Å². The van der Waals surface area contributed by atoms with Crippen molar-refractivity contribution in [3.63, 3.8) is 0 Å². The molecule has 6 nitrogen and oxygen atoms in total. The van der Waals surface area contributed by atoms with E-state index < -0.39 is 0 Å². The summed E-state index contributed by atoms with van der Waals surface area (Å²) in [5.41, 5.74) is 3.92. The fourth-order valence-corrected chi connectivity index (χ4v) is 3.26. The van der Waals surface area contributed by atoms with Crippen molar-refractivity contribution in [2.75, 3.05) is 23.7 Å². The summed E-state index contributed by atoms with van der Waals surface area (Å²) < 4.78 is 0. The Labute approximate surface area is 166 Å². The first kappa shape index (κ1) is 20.0. The maximum atomic E-state index is 12.6. The standard InChI is InChI=1S/C22H28N4O2/c1-15-6-4-7-16(2)21(15)24-20(28)14-26(18-9-10-18)13-11-19(27)25-22-17(3)8-5-12-23-22/h4-8,12,18H,9-11,13-14H2,1-3H3,(H,24,28)(H,23,25,27). The molecule has 1 aromatic heterocycles. The van der Waals surface area contributed by atoms with E-state index in [-0.39, 0.29) is 11.8 Å². The fourth-order valence-electron chi connectivity index (χ4n) is 3.26. The third-order valence-corrected chi connectivity index (χ3v) is 5.05. The molecule has 0 saturated heterocycles. The van der Waals surface area contributed by atoms with E-state index >= 15 is 0 Å². The number of aryl methyl sites for hydroxylation is 3. The molecule has 0 bridgehead atoms. The van der Waals surface area contributed by atoms with Crippen LogP contribution in [0, 0.1) is 20.8 Å². The van der Waals surface area contributed by atoms with Crippen molar-refractivity contribution in [1.29, 1.82) is 0 Å². The Morgan fingerprint density at radius 3 is 2.32 bits per heavy atom. The van der Waals surface area contributed by atoms with Crippen LogP contribution in [0.5, 0.6) is 0 Å². The molecular formula is C22H28N4O2. The van der Waals surface area contributed by atoms with E-state index in [1.807, 2.05) is 51.1 Å². The van der Waals surface area contributed by atoms with Crippen molar-refractivity contribution in [3.05, 3.63) is 53.2 Å². The molecule has 0 atom stereocenters. The molecule has 2 amide bonds. The number of hydrogen-bond acceptors (Lipinski definition) is 4. The highest BCUT2D eigenvalue weighted by molar-refractivity contribution is 5.94. The van der Waals surface area contributed by atoms with Gasteiger partial charge in [-0.25, -0.2) is 4.98 Å². The maximum absolute atomic E-state index is 12.6. The minimum Gasteiger partial charge on any atom is -0.324 e. The molecule has 1 fully saturated rings. The van der Waals surface area contributed by atoms with E-state index in [0.717, 1.165) is 35.2 Å².